The Hall–Kier alpha value is -0.390. The third kappa shape index (κ3) is 2.09. The molecule has 0 saturated heterocycles. The third-order valence-corrected chi connectivity index (χ3v) is 4.77. The van der Waals surface area contributed by atoms with Gasteiger partial charge in [-0.25, -0.2) is 0 Å². The molecule has 84 valence electrons. The molecule has 0 nitrogen and oxygen atoms in total. The monoisotopic (exact) mass is 205 g/mol. The van der Waals surface area contributed by atoms with Gasteiger partial charge in [-0.3, -0.25) is 0 Å². The number of fused-ring (bicyclic) bond motifs is 1. The van der Waals surface area contributed by atoms with Crippen LogP contribution in [0.3, 0.4) is 0 Å². The van der Waals surface area contributed by atoms with Crippen molar-refractivity contribution >= 4 is 0 Å². The zero-order valence-electron chi connectivity index (χ0n) is 10.8. The first-order chi connectivity index (χ1) is 7.09. The maximum Gasteiger partial charge on any atom is 0.100 e. The maximum absolute atomic E-state index is 2.46. The van der Waals surface area contributed by atoms with Gasteiger partial charge in [0, 0.05) is 0 Å². The second kappa shape index (κ2) is 4.23. The molecule has 1 fully saturated rings. The highest BCUT2D eigenvalue weighted by molar-refractivity contribution is 5.22. The van der Waals surface area contributed by atoms with E-state index in [2.05, 4.69) is 27.7 Å². The summed E-state index contributed by atoms with van der Waals surface area (Å²) >= 11 is 0. The highest BCUT2D eigenvalue weighted by Crippen LogP contribution is 2.46. The molecule has 0 amide bonds. The molecule has 0 heterocycles. The van der Waals surface area contributed by atoms with E-state index in [4.69, 9.17) is 0 Å². The Morgan fingerprint density at radius 1 is 1.13 bits per heavy atom. The molecule has 3 atom stereocenters. The lowest BCUT2D eigenvalue weighted by atomic mass is 9.81. The molecule has 0 aliphatic heterocycles. The molecule has 0 spiro atoms. The van der Waals surface area contributed by atoms with E-state index >= 15 is 0 Å². The molecule has 0 unspecified atom stereocenters. The molecule has 0 aromatic rings. The van der Waals surface area contributed by atoms with E-state index in [9.17, 15) is 0 Å². The summed E-state index contributed by atoms with van der Waals surface area (Å²) in [5.41, 5.74) is 3.57. The standard InChI is InChI=1S/C15H25/c1-10(2)13-7-5-11(3)14-8-6-12(4)15(14)9-13/h12-13,15H,5-9H2,1-4H3/q+1/t12-,13+,15-/m0/s1. The first kappa shape index (κ1) is 11.1. The zero-order chi connectivity index (χ0) is 11.0. The molecule has 2 aliphatic rings. The van der Waals surface area contributed by atoms with Crippen molar-refractivity contribution in [3.8, 4) is 0 Å². The van der Waals surface area contributed by atoms with Gasteiger partial charge in [-0.15, -0.1) is 0 Å². The van der Waals surface area contributed by atoms with Crippen molar-refractivity contribution in [3.05, 3.63) is 17.1 Å². The van der Waals surface area contributed by atoms with Gasteiger partial charge in [0.1, 0.15) is 5.92 Å². The molecule has 2 rings (SSSR count). The second-order valence-electron chi connectivity index (χ2n) is 5.98. The van der Waals surface area contributed by atoms with Crippen LogP contribution in [-0.2, 0) is 0 Å². The number of hydrogen-bond donors (Lipinski definition) is 0. The highest BCUT2D eigenvalue weighted by Gasteiger charge is 2.37. The van der Waals surface area contributed by atoms with Crippen LogP contribution in [0, 0.1) is 23.7 Å². The maximum atomic E-state index is 2.46. The molecule has 2 aliphatic carbocycles. The Morgan fingerprint density at radius 2 is 1.87 bits per heavy atom. The van der Waals surface area contributed by atoms with Gasteiger partial charge in [0.25, 0.3) is 0 Å². The summed E-state index contributed by atoms with van der Waals surface area (Å²) < 4.78 is 0. The van der Waals surface area contributed by atoms with Crippen LogP contribution in [0.25, 0.3) is 0 Å². The second-order valence-corrected chi connectivity index (χ2v) is 5.98. The average molecular weight is 205 g/mol. The lowest BCUT2D eigenvalue weighted by Gasteiger charge is -2.19. The van der Waals surface area contributed by atoms with Crippen molar-refractivity contribution in [1.82, 2.24) is 0 Å². The van der Waals surface area contributed by atoms with E-state index in [1.54, 1.807) is 11.5 Å². The van der Waals surface area contributed by atoms with Crippen LogP contribution in [-0.4, -0.2) is 0 Å². The first-order valence-electron chi connectivity index (χ1n) is 6.58. The van der Waals surface area contributed by atoms with Crippen LogP contribution in [0.2, 0.25) is 0 Å². The van der Waals surface area contributed by atoms with E-state index < -0.39 is 0 Å². The Labute approximate surface area is 95.1 Å². The summed E-state index contributed by atoms with van der Waals surface area (Å²) in [6, 6.07) is 0. The minimum absolute atomic E-state index is 0.892. The van der Waals surface area contributed by atoms with Gasteiger partial charge >= 0.3 is 0 Å². The van der Waals surface area contributed by atoms with Crippen molar-refractivity contribution in [1.29, 1.82) is 0 Å². The molecule has 0 radical (unpaired) electrons. The van der Waals surface area contributed by atoms with E-state index in [1.165, 1.54) is 32.1 Å². The minimum Gasteiger partial charge on any atom is -0.0737 e. The zero-order valence-corrected chi connectivity index (χ0v) is 10.8. The van der Waals surface area contributed by atoms with Crippen molar-refractivity contribution in [2.24, 2.45) is 17.8 Å². The highest BCUT2D eigenvalue weighted by atomic mass is 14.4. The predicted octanol–water partition coefficient (Wildman–Crippen LogP) is 4.76. The Balaban J connectivity index is 2.18. The van der Waals surface area contributed by atoms with Gasteiger partial charge in [-0.05, 0) is 50.9 Å². The van der Waals surface area contributed by atoms with E-state index in [0.717, 1.165) is 17.8 Å². The summed E-state index contributed by atoms with van der Waals surface area (Å²) in [6.45, 7) is 9.49. The average Bonchev–Trinajstić information content (AvgIpc) is 2.43. The van der Waals surface area contributed by atoms with E-state index in [-0.39, 0.29) is 0 Å². The topological polar surface area (TPSA) is 0 Å². The van der Waals surface area contributed by atoms with Crippen molar-refractivity contribution in [3.63, 3.8) is 0 Å². The molecular formula is C15H25+. The van der Waals surface area contributed by atoms with E-state index in [0.29, 0.717) is 0 Å². The summed E-state index contributed by atoms with van der Waals surface area (Å²) in [5, 5.41) is 0. The number of allylic oxidation sites excluding steroid dienone is 2. The van der Waals surface area contributed by atoms with Crippen molar-refractivity contribution in [2.75, 3.05) is 0 Å². The van der Waals surface area contributed by atoms with Crippen LogP contribution in [0.5, 0.6) is 0 Å². The van der Waals surface area contributed by atoms with E-state index in [1.807, 2.05) is 5.57 Å². The fraction of sp³-hybridized carbons (Fsp3) is 0.800. The molecule has 0 heteroatoms. The van der Waals surface area contributed by atoms with Crippen LogP contribution < -0.4 is 0 Å². The molecular weight excluding hydrogens is 180 g/mol. The van der Waals surface area contributed by atoms with Crippen LogP contribution in [0.4, 0.5) is 0 Å². The van der Waals surface area contributed by atoms with Crippen molar-refractivity contribution in [2.45, 2.75) is 59.8 Å². The minimum atomic E-state index is 0.892. The van der Waals surface area contributed by atoms with Gasteiger partial charge in [0.2, 0.25) is 0 Å². The Morgan fingerprint density at radius 3 is 2.53 bits per heavy atom. The van der Waals surface area contributed by atoms with Gasteiger partial charge in [-0.2, -0.15) is 0 Å². The molecule has 0 bridgehead atoms. The first-order valence-corrected chi connectivity index (χ1v) is 6.58. The number of hydrogen-bond acceptors (Lipinski definition) is 0. The quantitative estimate of drug-likeness (QED) is 0.427. The lowest BCUT2D eigenvalue weighted by Crippen LogP contribution is -2.14. The fourth-order valence-corrected chi connectivity index (χ4v) is 3.52. The summed E-state index contributed by atoms with van der Waals surface area (Å²) in [4.78, 5) is 0. The Kier molecular flexibility index (Phi) is 3.13. The molecule has 0 N–H and O–H groups in total. The van der Waals surface area contributed by atoms with Gasteiger partial charge in [-0.1, -0.05) is 18.1 Å². The molecule has 15 heavy (non-hydrogen) atoms. The van der Waals surface area contributed by atoms with Gasteiger partial charge < -0.3 is 0 Å². The predicted molar refractivity (Wildman–Crippen MR) is 66.5 cm³/mol. The Bertz CT molecular complexity index is 259. The smallest absolute Gasteiger partial charge is 0.0737 e. The molecule has 0 aromatic heterocycles. The van der Waals surface area contributed by atoms with Crippen LogP contribution in [0.15, 0.2) is 11.1 Å². The van der Waals surface area contributed by atoms with Gasteiger partial charge in [0.05, 0.1) is 19.8 Å². The molecule has 0 aromatic carbocycles. The summed E-state index contributed by atoms with van der Waals surface area (Å²) in [7, 11) is 0. The normalized spacial score (nSPS) is 36.4. The third-order valence-electron chi connectivity index (χ3n) is 4.77. The van der Waals surface area contributed by atoms with Crippen LogP contribution in [0.1, 0.15) is 59.8 Å². The lowest BCUT2D eigenvalue weighted by molar-refractivity contribution is 0.354. The largest absolute Gasteiger partial charge is 0.100 e. The van der Waals surface area contributed by atoms with Crippen LogP contribution >= 0.6 is 0 Å². The molecule has 1 saturated carbocycles. The SMILES string of the molecule is CC1=C2CC[C@H](C)[C@@H]2C[C@H]([C+](C)C)CC1. The van der Waals surface area contributed by atoms with Gasteiger partial charge in [0.15, 0.2) is 0 Å². The van der Waals surface area contributed by atoms with Crippen molar-refractivity contribution < 1.29 is 0 Å². The summed E-state index contributed by atoms with van der Waals surface area (Å²) in [6.07, 6.45) is 7.03. The number of rotatable bonds is 1. The summed E-state index contributed by atoms with van der Waals surface area (Å²) in [5.74, 6) is 4.41. The fourth-order valence-electron chi connectivity index (χ4n) is 3.52.